The molecular weight excluding hydrogens is 514 g/mol. The molecule has 1 N–H and O–H groups in total. The van der Waals surface area contributed by atoms with Crippen molar-refractivity contribution in [1.82, 2.24) is 14.8 Å². The van der Waals surface area contributed by atoms with Crippen LogP contribution in [-0.2, 0) is 11.2 Å². The highest BCUT2D eigenvalue weighted by Gasteiger charge is 2.41. The zero-order chi connectivity index (χ0) is 27.5. The fraction of sp³-hybridized carbons (Fsp3) is 0.529. The number of hydrogen-bond acceptors (Lipinski definition) is 5. The summed E-state index contributed by atoms with van der Waals surface area (Å²) in [4.78, 5) is 23.5. The molecule has 212 valence electrons. The van der Waals surface area contributed by atoms with Gasteiger partial charge in [0.05, 0.1) is 5.01 Å². The zero-order valence-electron chi connectivity index (χ0n) is 23.8. The fourth-order valence-corrected chi connectivity index (χ4v) is 8.29. The first-order valence-corrected chi connectivity index (χ1v) is 16.1. The molecule has 0 spiro atoms. The van der Waals surface area contributed by atoms with Crippen LogP contribution in [0.2, 0.25) is 0 Å². The molecule has 2 saturated heterocycles. The van der Waals surface area contributed by atoms with Crippen molar-refractivity contribution in [3.63, 3.8) is 0 Å². The van der Waals surface area contributed by atoms with Crippen LogP contribution in [0.1, 0.15) is 76.9 Å². The first-order chi connectivity index (χ1) is 19.5. The molecule has 0 unspecified atom stereocenters. The van der Waals surface area contributed by atoms with Gasteiger partial charge in [0, 0.05) is 43.0 Å². The second kappa shape index (κ2) is 12.5. The monoisotopic (exact) mass is 557 g/mol. The molecule has 2 aromatic carbocycles. The number of piperidine rings is 1. The van der Waals surface area contributed by atoms with Crippen LogP contribution in [0, 0.1) is 18.8 Å². The van der Waals surface area contributed by atoms with E-state index >= 15 is 0 Å². The second-order valence-corrected chi connectivity index (χ2v) is 13.7. The number of aromatic nitrogens is 1. The van der Waals surface area contributed by atoms with Crippen LogP contribution in [-0.4, -0.2) is 64.6 Å². The molecule has 0 radical (unpaired) electrons. The van der Waals surface area contributed by atoms with E-state index < -0.39 is 5.97 Å². The molecule has 6 rings (SSSR count). The first kappa shape index (κ1) is 27.6. The Bertz CT molecular complexity index is 1260. The van der Waals surface area contributed by atoms with Crippen LogP contribution in [0.4, 0.5) is 0 Å². The Morgan fingerprint density at radius 3 is 2.55 bits per heavy atom. The van der Waals surface area contributed by atoms with E-state index in [9.17, 15) is 9.90 Å². The lowest BCUT2D eigenvalue weighted by Gasteiger charge is -2.34. The number of carbonyl (C=O) groups is 1. The van der Waals surface area contributed by atoms with Crippen molar-refractivity contribution in [3.05, 3.63) is 87.4 Å². The van der Waals surface area contributed by atoms with E-state index in [0.717, 1.165) is 45.6 Å². The summed E-state index contributed by atoms with van der Waals surface area (Å²) in [6, 6.07) is 19.2. The molecule has 3 fully saturated rings. The van der Waals surface area contributed by atoms with Gasteiger partial charge in [0.1, 0.15) is 6.04 Å². The maximum atomic E-state index is 12.4. The van der Waals surface area contributed by atoms with Gasteiger partial charge < -0.3 is 10.0 Å². The maximum absolute atomic E-state index is 12.4. The van der Waals surface area contributed by atoms with Crippen LogP contribution in [0.3, 0.4) is 0 Å². The standard InChI is InChI=1S/C34H43N3O2S/c1-24-7-5-12-28(17-24)30-23-37(31(34(38)39)18-25-10-6-11-25)22-29(30)21-36-15-13-27(14-16-36)32-20-35-33(40-32)19-26-8-3-2-4-9-26/h2-5,7-9,12,17,20,25,27,29-31H,6,10-11,13-16,18-19,21-23H2,1H3,(H,38,39)/t29-,30+,31+/m0/s1. The van der Waals surface area contributed by atoms with Gasteiger partial charge in [0.25, 0.3) is 0 Å². The number of rotatable bonds is 10. The van der Waals surface area contributed by atoms with Crippen molar-refractivity contribution in [2.24, 2.45) is 11.8 Å². The van der Waals surface area contributed by atoms with Crippen LogP contribution in [0.15, 0.2) is 60.8 Å². The molecule has 3 aliphatic rings. The normalized spacial score (nSPS) is 23.7. The number of carboxylic acids is 1. The number of likely N-dealkylation sites (tertiary alicyclic amines) is 2. The van der Waals surface area contributed by atoms with Gasteiger partial charge in [-0.25, -0.2) is 4.98 Å². The maximum Gasteiger partial charge on any atom is 0.320 e. The Morgan fingerprint density at radius 1 is 1.05 bits per heavy atom. The lowest BCUT2D eigenvalue weighted by atomic mass is 9.80. The van der Waals surface area contributed by atoms with Gasteiger partial charge in [0.2, 0.25) is 0 Å². The number of nitrogens with zero attached hydrogens (tertiary/aromatic N) is 3. The van der Waals surface area contributed by atoms with Gasteiger partial charge in [0.15, 0.2) is 0 Å². The van der Waals surface area contributed by atoms with Gasteiger partial charge in [-0.05, 0) is 68.2 Å². The molecule has 0 amide bonds. The van der Waals surface area contributed by atoms with Crippen LogP contribution in [0.5, 0.6) is 0 Å². The third kappa shape index (κ3) is 6.50. The van der Waals surface area contributed by atoms with E-state index in [1.807, 2.05) is 11.3 Å². The minimum Gasteiger partial charge on any atom is -0.480 e. The number of thiazole rings is 1. The average Bonchev–Trinajstić information content (AvgIpc) is 3.56. The van der Waals surface area contributed by atoms with E-state index in [2.05, 4.69) is 77.5 Å². The van der Waals surface area contributed by atoms with Gasteiger partial charge in [-0.15, -0.1) is 11.3 Å². The molecule has 3 atom stereocenters. The van der Waals surface area contributed by atoms with E-state index in [1.54, 1.807) is 0 Å². The van der Waals surface area contributed by atoms with Crippen LogP contribution >= 0.6 is 11.3 Å². The minimum atomic E-state index is -0.632. The Balaban J connectivity index is 1.09. The lowest BCUT2D eigenvalue weighted by molar-refractivity contribution is -0.144. The van der Waals surface area contributed by atoms with Gasteiger partial charge in [-0.2, -0.15) is 0 Å². The molecule has 6 heteroatoms. The van der Waals surface area contributed by atoms with E-state index in [4.69, 9.17) is 4.98 Å². The van der Waals surface area contributed by atoms with Crippen molar-refractivity contribution >= 4 is 17.3 Å². The van der Waals surface area contributed by atoms with E-state index in [0.29, 0.717) is 23.7 Å². The molecule has 1 saturated carbocycles. The summed E-state index contributed by atoms with van der Waals surface area (Å²) in [5.41, 5.74) is 3.99. The highest BCUT2D eigenvalue weighted by Crippen LogP contribution is 2.39. The molecule has 3 aromatic rings. The average molecular weight is 558 g/mol. The Hall–Kier alpha value is -2.54. The SMILES string of the molecule is Cc1cccc([C@H]2CN([C@H](CC3CCC3)C(=O)O)C[C@@H]2CN2CCC(c3cnc(Cc4ccccc4)s3)CC2)c1. The van der Waals surface area contributed by atoms with Crippen molar-refractivity contribution in [1.29, 1.82) is 0 Å². The Morgan fingerprint density at radius 2 is 1.85 bits per heavy atom. The third-order valence-electron chi connectivity index (χ3n) is 9.70. The molecule has 2 aliphatic heterocycles. The second-order valence-electron chi connectivity index (χ2n) is 12.5. The fourth-order valence-electron chi connectivity index (χ4n) is 7.17. The molecule has 0 bridgehead atoms. The predicted molar refractivity (Wildman–Crippen MR) is 162 cm³/mol. The van der Waals surface area contributed by atoms with E-state index in [1.165, 1.54) is 58.7 Å². The number of aliphatic carboxylic acids is 1. The number of aryl methyl sites for hydroxylation is 1. The number of carboxylic acid groups (broad SMARTS) is 1. The molecule has 1 aliphatic carbocycles. The highest BCUT2D eigenvalue weighted by molar-refractivity contribution is 7.11. The highest BCUT2D eigenvalue weighted by atomic mass is 32.1. The number of benzene rings is 2. The first-order valence-electron chi connectivity index (χ1n) is 15.3. The molecule has 3 heterocycles. The number of hydrogen-bond donors (Lipinski definition) is 1. The summed E-state index contributed by atoms with van der Waals surface area (Å²) in [5, 5.41) is 11.4. The third-order valence-corrected chi connectivity index (χ3v) is 10.9. The molecule has 40 heavy (non-hydrogen) atoms. The summed E-state index contributed by atoms with van der Waals surface area (Å²) in [5.74, 6) is 1.42. The summed E-state index contributed by atoms with van der Waals surface area (Å²) < 4.78 is 0. The Labute approximate surface area is 243 Å². The van der Waals surface area contributed by atoms with Crippen LogP contribution < -0.4 is 0 Å². The zero-order valence-corrected chi connectivity index (χ0v) is 24.6. The summed E-state index contributed by atoms with van der Waals surface area (Å²) in [7, 11) is 0. The quantitative estimate of drug-likeness (QED) is 0.305. The summed E-state index contributed by atoms with van der Waals surface area (Å²) >= 11 is 1.89. The predicted octanol–water partition coefficient (Wildman–Crippen LogP) is 6.58. The minimum absolute atomic E-state index is 0.343. The lowest BCUT2D eigenvalue weighted by Crippen LogP contribution is -2.43. The summed E-state index contributed by atoms with van der Waals surface area (Å²) in [6.07, 6.45) is 9.87. The largest absolute Gasteiger partial charge is 0.480 e. The summed E-state index contributed by atoms with van der Waals surface area (Å²) in [6.45, 7) is 7.19. The van der Waals surface area contributed by atoms with Gasteiger partial charge in [-0.3, -0.25) is 9.69 Å². The topological polar surface area (TPSA) is 56.7 Å². The van der Waals surface area contributed by atoms with Crippen LogP contribution in [0.25, 0.3) is 0 Å². The van der Waals surface area contributed by atoms with Crippen molar-refractivity contribution in [2.75, 3.05) is 32.7 Å². The van der Waals surface area contributed by atoms with Crippen molar-refractivity contribution in [2.45, 2.75) is 69.7 Å². The molecular formula is C34H43N3O2S. The smallest absolute Gasteiger partial charge is 0.320 e. The van der Waals surface area contributed by atoms with Gasteiger partial charge >= 0.3 is 5.97 Å². The molecule has 1 aromatic heterocycles. The van der Waals surface area contributed by atoms with E-state index in [-0.39, 0.29) is 6.04 Å². The van der Waals surface area contributed by atoms with Crippen molar-refractivity contribution < 1.29 is 9.90 Å². The van der Waals surface area contributed by atoms with Crippen molar-refractivity contribution in [3.8, 4) is 0 Å². The van der Waals surface area contributed by atoms with Gasteiger partial charge in [-0.1, -0.05) is 79.4 Å². The molecule has 5 nitrogen and oxygen atoms in total. The Kier molecular flexibility index (Phi) is 8.66.